The number of amidine groups is 1. The molecule has 0 amide bonds. The summed E-state index contributed by atoms with van der Waals surface area (Å²) in [5.41, 5.74) is 0. The average Bonchev–Trinajstić information content (AvgIpc) is 1.27. The predicted molar refractivity (Wildman–Crippen MR) is 35.7 cm³/mol. The van der Waals surface area contributed by atoms with Crippen molar-refractivity contribution in [3.05, 3.63) is 0 Å². The molecule has 2 nitrogen and oxygen atoms in total. The summed E-state index contributed by atoms with van der Waals surface area (Å²) in [6.07, 6.45) is 0. The van der Waals surface area contributed by atoms with E-state index >= 15 is 0 Å². The first kappa shape index (κ1) is 6.98. The zero-order chi connectivity index (χ0) is 5.86. The van der Waals surface area contributed by atoms with E-state index in [1.54, 1.807) is 6.92 Å². The molecule has 0 aliphatic rings. The standard InChI is InChI=1S/C3H5ClN2S/c1-2(7)6-3(4)5/h1H3,(H2,5,6,7). The quantitative estimate of drug-likeness (QED) is 0.219. The molecule has 1 N–H and O–H groups in total. The first-order valence-corrected chi connectivity index (χ1v) is 2.43. The minimum atomic E-state index is -0.229. The van der Waals surface area contributed by atoms with Gasteiger partial charge in [-0.15, -0.1) is 12.6 Å². The molecule has 0 aromatic carbocycles. The number of rotatable bonds is 0. The third kappa shape index (κ3) is 5.98. The van der Waals surface area contributed by atoms with Crippen molar-refractivity contribution in [1.29, 1.82) is 5.41 Å². The molecule has 0 aliphatic heterocycles. The maximum Gasteiger partial charge on any atom is 0.215 e. The summed E-state index contributed by atoms with van der Waals surface area (Å²) in [5.74, 6) is 0. The van der Waals surface area contributed by atoms with Crippen LogP contribution >= 0.6 is 24.2 Å². The summed E-state index contributed by atoms with van der Waals surface area (Å²) in [6, 6.07) is 0. The lowest BCUT2D eigenvalue weighted by Gasteiger charge is -1.80. The fourth-order valence-electron chi connectivity index (χ4n) is 0.142. The van der Waals surface area contributed by atoms with Crippen molar-refractivity contribution in [2.75, 3.05) is 0 Å². The number of aliphatic imine (C=N–C) groups is 1. The Bertz CT molecular complexity index is 106. The van der Waals surface area contributed by atoms with Crippen molar-refractivity contribution in [3.63, 3.8) is 0 Å². The van der Waals surface area contributed by atoms with Crippen LogP contribution in [0, 0.1) is 5.41 Å². The van der Waals surface area contributed by atoms with Gasteiger partial charge in [0.1, 0.15) is 0 Å². The molecule has 0 aliphatic carbocycles. The molecule has 0 radical (unpaired) electrons. The molecule has 0 bridgehead atoms. The smallest absolute Gasteiger partial charge is 0.215 e. The van der Waals surface area contributed by atoms with Crippen molar-refractivity contribution < 1.29 is 0 Å². The number of halogens is 1. The highest BCUT2D eigenvalue weighted by molar-refractivity contribution is 7.96. The van der Waals surface area contributed by atoms with Crippen LogP contribution in [0.1, 0.15) is 6.92 Å². The molecular weight excluding hydrogens is 132 g/mol. The first-order chi connectivity index (χ1) is 3.13. The Morgan fingerprint density at radius 1 is 1.86 bits per heavy atom. The molecule has 0 heterocycles. The van der Waals surface area contributed by atoms with Gasteiger partial charge in [0.15, 0.2) is 0 Å². The normalized spacial score (nSPS) is 11.6. The van der Waals surface area contributed by atoms with Crippen molar-refractivity contribution >= 4 is 34.6 Å². The number of nitrogens with one attached hydrogen (secondary N) is 1. The summed E-state index contributed by atoms with van der Waals surface area (Å²) < 4.78 is 0. The second-order valence-electron chi connectivity index (χ2n) is 0.950. The van der Waals surface area contributed by atoms with Gasteiger partial charge in [0, 0.05) is 0 Å². The predicted octanol–water partition coefficient (Wildman–Crippen LogP) is 1.51. The largest absolute Gasteiger partial charge is 0.272 e. The van der Waals surface area contributed by atoms with Crippen molar-refractivity contribution in [2.45, 2.75) is 6.92 Å². The van der Waals surface area contributed by atoms with Crippen molar-refractivity contribution in [2.24, 2.45) is 4.99 Å². The third-order valence-corrected chi connectivity index (χ3v) is 0.444. The van der Waals surface area contributed by atoms with Gasteiger partial charge in [-0.1, -0.05) is 0 Å². The molecule has 0 atom stereocenters. The molecule has 0 saturated carbocycles. The van der Waals surface area contributed by atoms with E-state index in [0.717, 1.165) is 0 Å². The first-order valence-electron chi connectivity index (χ1n) is 1.61. The Morgan fingerprint density at radius 2 is 2.29 bits per heavy atom. The van der Waals surface area contributed by atoms with E-state index < -0.39 is 0 Å². The summed E-state index contributed by atoms with van der Waals surface area (Å²) in [5, 5.41) is 6.82. The Balaban J connectivity index is 3.68. The maximum atomic E-state index is 6.55. The third-order valence-electron chi connectivity index (χ3n) is 0.260. The van der Waals surface area contributed by atoms with E-state index in [0.29, 0.717) is 5.04 Å². The molecule has 0 spiro atoms. The summed E-state index contributed by atoms with van der Waals surface area (Å²) in [4.78, 5) is 3.41. The van der Waals surface area contributed by atoms with Gasteiger partial charge in [0.05, 0.1) is 5.04 Å². The van der Waals surface area contributed by atoms with Crippen LogP contribution in [0.25, 0.3) is 0 Å². The summed E-state index contributed by atoms with van der Waals surface area (Å²) >= 11 is 8.78. The molecule has 0 rings (SSSR count). The SMILES string of the molecule is C/C(S)=N\C(=N)Cl. The molecule has 0 aromatic rings. The van der Waals surface area contributed by atoms with E-state index in [1.807, 2.05) is 0 Å². The van der Waals surface area contributed by atoms with Crippen LogP contribution < -0.4 is 0 Å². The second-order valence-corrected chi connectivity index (χ2v) is 1.96. The topological polar surface area (TPSA) is 36.2 Å². The molecule has 40 valence electrons. The van der Waals surface area contributed by atoms with Crippen LogP contribution in [-0.4, -0.2) is 10.3 Å². The second kappa shape index (κ2) is 3.04. The zero-order valence-corrected chi connectivity index (χ0v) is 5.42. The van der Waals surface area contributed by atoms with Crippen LogP contribution in [0.3, 0.4) is 0 Å². The molecule has 0 aromatic heterocycles. The summed E-state index contributed by atoms with van der Waals surface area (Å²) in [7, 11) is 0. The lowest BCUT2D eigenvalue weighted by atomic mass is 10.9. The van der Waals surface area contributed by atoms with Crippen LogP contribution in [0.2, 0.25) is 0 Å². The lowest BCUT2D eigenvalue weighted by molar-refractivity contribution is 1.49. The van der Waals surface area contributed by atoms with Crippen LogP contribution in [0.15, 0.2) is 4.99 Å². The summed E-state index contributed by atoms with van der Waals surface area (Å²) in [6.45, 7) is 1.65. The molecule has 0 fully saturated rings. The van der Waals surface area contributed by atoms with Gasteiger partial charge in [0.25, 0.3) is 0 Å². The number of hydrogen-bond acceptors (Lipinski definition) is 1. The highest BCUT2D eigenvalue weighted by atomic mass is 35.5. The minimum Gasteiger partial charge on any atom is -0.272 e. The van der Waals surface area contributed by atoms with Gasteiger partial charge < -0.3 is 0 Å². The maximum absolute atomic E-state index is 6.55. The zero-order valence-electron chi connectivity index (χ0n) is 3.77. The van der Waals surface area contributed by atoms with Gasteiger partial charge in [-0.05, 0) is 18.5 Å². The van der Waals surface area contributed by atoms with Crippen molar-refractivity contribution in [3.8, 4) is 0 Å². The van der Waals surface area contributed by atoms with Crippen LogP contribution in [-0.2, 0) is 0 Å². The Morgan fingerprint density at radius 3 is 2.29 bits per heavy atom. The Labute approximate surface area is 52.5 Å². The molecule has 4 heteroatoms. The monoisotopic (exact) mass is 136 g/mol. The molecule has 0 saturated heterocycles. The van der Waals surface area contributed by atoms with E-state index in [-0.39, 0.29) is 5.29 Å². The molecule has 7 heavy (non-hydrogen) atoms. The van der Waals surface area contributed by atoms with Crippen LogP contribution in [0.5, 0.6) is 0 Å². The van der Waals surface area contributed by atoms with E-state index in [4.69, 9.17) is 17.0 Å². The van der Waals surface area contributed by atoms with Gasteiger partial charge in [-0.3, -0.25) is 5.41 Å². The van der Waals surface area contributed by atoms with Gasteiger partial charge >= 0.3 is 0 Å². The fraction of sp³-hybridized carbons (Fsp3) is 0.333. The molecular formula is C3H5ClN2S. The van der Waals surface area contributed by atoms with Crippen LogP contribution in [0.4, 0.5) is 0 Å². The molecule has 0 unspecified atom stereocenters. The number of hydrogen-bond donors (Lipinski definition) is 2. The highest BCUT2D eigenvalue weighted by Gasteiger charge is 1.80. The average molecular weight is 137 g/mol. The van der Waals surface area contributed by atoms with E-state index in [1.165, 1.54) is 0 Å². The number of nitrogens with zero attached hydrogens (tertiary/aromatic N) is 1. The van der Waals surface area contributed by atoms with E-state index in [9.17, 15) is 0 Å². The van der Waals surface area contributed by atoms with Gasteiger partial charge in [-0.25, -0.2) is 4.99 Å². The number of thiol groups is 1. The van der Waals surface area contributed by atoms with E-state index in [2.05, 4.69) is 17.6 Å². The fourth-order valence-corrected chi connectivity index (χ4v) is 0.428. The minimum absolute atomic E-state index is 0.229. The Hall–Kier alpha value is -0.0200. The lowest BCUT2D eigenvalue weighted by Crippen LogP contribution is -1.80. The van der Waals surface area contributed by atoms with Gasteiger partial charge in [-0.2, -0.15) is 0 Å². The van der Waals surface area contributed by atoms with Crippen molar-refractivity contribution in [1.82, 2.24) is 0 Å². The Kier molecular flexibility index (Phi) is 3.04. The van der Waals surface area contributed by atoms with Gasteiger partial charge in [0.2, 0.25) is 5.29 Å². The highest BCUT2D eigenvalue weighted by Crippen LogP contribution is 1.86.